The average Bonchev–Trinajstić information content (AvgIpc) is 2.55. The largest absolute Gasteiger partial charge is 0.339 e. The molecule has 1 aliphatic rings. The third-order valence-corrected chi connectivity index (χ3v) is 4.41. The quantitative estimate of drug-likeness (QED) is 0.938. The molecule has 2 aromatic rings. The summed E-state index contributed by atoms with van der Waals surface area (Å²) in [6.45, 7) is 2.71. The van der Waals surface area contributed by atoms with E-state index in [9.17, 15) is 9.59 Å². The molecule has 2 amide bonds. The summed E-state index contributed by atoms with van der Waals surface area (Å²) in [6, 6.07) is 13.9. The molecule has 1 saturated heterocycles. The fourth-order valence-electron chi connectivity index (χ4n) is 3.15. The Labute approximate surface area is 136 Å². The fourth-order valence-corrected chi connectivity index (χ4v) is 3.15. The van der Waals surface area contributed by atoms with Crippen molar-refractivity contribution in [2.24, 2.45) is 0 Å². The van der Waals surface area contributed by atoms with Gasteiger partial charge >= 0.3 is 0 Å². The Balaban J connectivity index is 1.62. The SMILES string of the molecule is C[C@H](CC(=O)Nc1ccc2ccccc2c1)N1CCCCC1=O. The highest BCUT2D eigenvalue weighted by molar-refractivity contribution is 5.94. The van der Waals surface area contributed by atoms with Gasteiger partial charge in [0.2, 0.25) is 11.8 Å². The van der Waals surface area contributed by atoms with Gasteiger partial charge in [0.05, 0.1) is 0 Å². The van der Waals surface area contributed by atoms with Crippen LogP contribution in [-0.2, 0) is 9.59 Å². The van der Waals surface area contributed by atoms with Crippen LogP contribution in [0.15, 0.2) is 42.5 Å². The molecule has 0 radical (unpaired) electrons. The Morgan fingerprint density at radius 2 is 1.96 bits per heavy atom. The Kier molecular flexibility index (Phi) is 4.60. The third kappa shape index (κ3) is 3.70. The minimum Gasteiger partial charge on any atom is -0.339 e. The van der Waals surface area contributed by atoms with Crippen molar-refractivity contribution in [3.63, 3.8) is 0 Å². The second kappa shape index (κ2) is 6.82. The molecule has 120 valence electrons. The molecule has 1 heterocycles. The van der Waals surface area contributed by atoms with Crippen molar-refractivity contribution in [3.8, 4) is 0 Å². The lowest BCUT2D eigenvalue weighted by atomic mass is 10.1. The summed E-state index contributed by atoms with van der Waals surface area (Å²) < 4.78 is 0. The number of hydrogen-bond donors (Lipinski definition) is 1. The number of likely N-dealkylation sites (tertiary alicyclic amines) is 1. The standard InChI is InChI=1S/C19H22N2O2/c1-14(21-11-5-4-8-19(21)23)12-18(22)20-17-10-9-15-6-2-3-7-16(15)13-17/h2-3,6-7,9-10,13-14H,4-5,8,11-12H2,1H3,(H,20,22)/t14-/m1/s1. The van der Waals surface area contributed by atoms with E-state index in [-0.39, 0.29) is 17.9 Å². The molecule has 0 unspecified atom stereocenters. The number of amides is 2. The van der Waals surface area contributed by atoms with E-state index < -0.39 is 0 Å². The van der Waals surface area contributed by atoms with Crippen LogP contribution in [0.5, 0.6) is 0 Å². The van der Waals surface area contributed by atoms with Crippen molar-refractivity contribution >= 4 is 28.3 Å². The Morgan fingerprint density at radius 1 is 1.17 bits per heavy atom. The molecule has 23 heavy (non-hydrogen) atoms. The van der Waals surface area contributed by atoms with E-state index >= 15 is 0 Å². The van der Waals surface area contributed by atoms with Crippen molar-refractivity contribution in [1.82, 2.24) is 4.90 Å². The van der Waals surface area contributed by atoms with Crippen molar-refractivity contribution < 1.29 is 9.59 Å². The fraction of sp³-hybridized carbons (Fsp3) is 0.368. The predicted molar refractivity (Wildman–Crippen MR) is 92.2 cm³/mol. The van der Waals surface area contributed by atoms with Gasteiger partial charge in [-0.05, 0) is 42.7 Å². The first kappa shape index (κ1) is 15.5. The molecule has 0 spiro atoms. The molecular formula is C19H22N2O2. The molecule has 4 nitrogen and oxygen atoms in total. The second-order valence-electron chi connectivity index (χ2n) is 6.21. The van der Waals surface area contributed by atoms with E-state index in [0.29, 0.717) is 12.8 Å². The van der Waals surface area contributed by atoms with Crippen molar-refractivity contribution in [1.29, 1.82) is 0 Å². The highest BCUT2D eigenvalue weighted by Gasteiger charge is 2.24. The van der Waals surface area contributed by atoms with E-state index in [2.05, 4.69) is 5.32 Å². The van der Waals surface area contributed by atoms with E-state index in [1.807, 2.05) is 54.3 Å². The zero-order chi connectivity index (χ0) is 16.2. The molecule has 1 N–H and O–H groups in total. The highest BCUT2D eigenvalue weighted by Crippen LogP contribution is 2.20. The van der Waals surface area contributed by atoms with Crippen LogP contribution in [0.3, 0.4) is 0 Å². The predicted octanol–water partition coefficient (Wildman–Crippen LogP) is 3.57. The maximum Gasteiger partial charge on any atom is 0.226 e. The number of benzene rings is 2. The number of piperidine rings is 1. The summed E-state index contributed by atoms with van der Waals surface area (Å²) in [6.07, 6.45) is 2.93. The smallest absolute Gasteiger partial charge is 0.226 e. The summed E-state index contributed by atoms with van der Waals surface area (Å²) in [5, 5.41) is 5.19. The lowest BCUT2D eigenvalue weighted by Crippen LogP contribution is -2.43. The first-order valence-corrected chi connectivity index (χ1v) is 8.21. The number of rotatable bonds is 4. The molecule has 0 saturated carbocycles. The average molecular weight is 310 g/mol. The van der Waals surface area contributed by atoms with Crippen molar-refractivity contribution in [3.05, 3.63) is 42.5 Å². The number of nitrogens with one attached hydrogen (secondary N) is 1. The summed E-state index contributed by atoms with van der Waals surface area (Å²) in [5.74, 6) is 0.119. The van der Waals surface area contributed by atoms with Crippen LogP contribution < -0.4 is 5.32 Å². The van der Waals surface area contributed by atoms with Gasteiger partial charge in [0.1, 0.15) is 0 Å². The van der Waals surface area contributed by atoms with Gasteiger partial charge in [-0.2, -0.15) is 0 Å². The number of anilines is 1. The number of fused-ring (bicyclic) bond motifs is 1. The van der Waals surface area contributed by atoms with E-state index in [0.717, 1.165) is 35.8 Å². The molecule has 0 aromatic heterocycles. The molecule has 0 aliphatic carbocycles. The number of carbonyl (C=O) groups excluding carboxylic acids is 2. The molecule has 1 aliphatic heterocycles. The zero-order valence-corrected chi connectivity index (χ0v) is 13.4. The van der Waals surface area contributed by atoms with Gasteiger partial charge in [0.15, 0.2) is 0 Å². The maximum atomic E-state index is 12.3. The van der Waals surface area contributed by atoms with Crippen molar-refractivity contribution in [2.75, 3.05) is 11.9 Å². The monoisotopic (exact) mass is 310 g/mol. The summed E-state index contributed by atoms with van der Waals surface area (Å²) in [4.78, 5) is 26.0. The van der Waals surface area contributed by atoms with E-state index in [1.54, 1.807) is 0 Å². The Hall–Kier alpha value is -2.36. The topological polar surface area (TPSA) is 49.4 Å². The number of hydrogen-bond acceptors (Lipinski definition) is 2. The van der Waals surface area contributed by atoms with E-state index in [4.69, 9.17) is 0 Å². The van der Waals surface area contributed by atoms with Gasteiger partial charge in [-0.1, -0.05) is 30.3 Å². The van der Waals surface area contributed by atoms with Crippen LogP contribution in [0.25, 0.3) is 10.8 Å². The Bertz CT molecular complexity index is 726. The number of carbonyl (C=O) groups is 2. The normalized spacial score (nSPS) is 16.4. The zero-order valence-electron chi connectivity index (χ0n) is 13.4. The minimum atomic E-state index is -0.0525. The minimum absolute atomic E-state index is 0.0499. The molecule has 1 atom stereocenters. The molecule has 1 fully saturated rings. The van der Waals surface area contributed by atoms with Gasteiger partial charge < -0.3 is 10.2 Å². The summed E-state index contributed by atoms with van der Waals surface area (Å²) in [7, 11) is 0. The van der Waals surface area contributed by atoms with Gasteiger partial charge in [-0.3, -0.25) is 9.59 Å². The summed E-state index contributed by atoms with van der Waals surface area (Å²) in [5.41, 5.74) is 0.797. The molecule has 0 bridgehead atoms. The van der Waals surface area contributed by atoms with Crippen LogP contribution in [0, 0.1) is 0 Å². The maximum absolute atomic E-state index is 12.3. The van der Waals surface area contributed by atoms with E-state index in [1.165, 1.54) is 0 Å². The van der Waals surface area contributed by atoms with Gasteiger partial charge in [0.25, 0.3) is 0 Å². The first-order valence-electron chi connectivity index (χ1n) is 8.21. The summed E-state index contributed by atoms with van der Waals surface area (Å²) >= 11 is 0. The highest BCUT2D eigenvalue weighted by atomic mass is 16.2. The Morgan fingerprint density at radius 3 is 2.74 bits per heavy atom. The molecular weight excluding hydrogens is 288 g/mol. The van der Waals surface area contributed by atoms with Crippen LogP contribution in [0.4, 0.5) is 5.69 Å². The molecule has 2 aromatic carbocycles. The lowest BCUT2D eigenvalue weighted by molar-refractivity contribution is -0.136. The second-order valence-corrected chi connectivity index (χ2v) is 6.21. The van der Waals surface area contributed by atoms with Crippen LogP contribution >= 0.6 is 0 Å². The van der Waals surface area contributed by atoms with Crippen molar-refractivity contribution in [2.45, 2.75) is 38.6 Å². The van der Waals surface area contributed by atoms with Crippen LogP contribution in [-0.4, -0.2) is 29.3 Å². The van der Waals surface area contributed by atoms with Gasteiger partial charge in [-0.15, -0.1) is 0 Å². The molecule has 4 heteroatoms. The van der Waals surface area contributed by atoms with Gasteiger partial charge in [-0.25, -0.2) is 0 Å². The molecule has 3 rings (SSSR count). The third-order valence-electron chi connectivity index (χ3n) is 4.41. The first-order chi connectivity index (χ1) is 11.1. The lowest BCUT2D eigenvalue weighted by Gasteiger charge is -2.32. The van der Waals surface area contributed by atoms with Crippen LogP contribution in [0.2, 0.25) is 0 Å². The van der Waals surface area contributed by atoms with Crippen LogP contribution in [0.1, 0.15) is 32.6 Å². The van der Waals surface area contributed by atoms with Gasteiger partial charge in [0, 0.05) is 31.1 Å². The number of nitrogens with zero attached hydrogens (tertiary/aromatic N) is 1.